The summed E-state index contributed by atoms with van der Waals surface area (Å²) in [6.45, 7) is 0. The summed E-state index contributed by atoms with van der Waals surface area (Å²) in [5.41, 5.74) is 4.39. The molecule has 1 aliphatic rings. The lowest BCUT2D eigenvalue weighted by Crippen LogP contribution is -2.17. The summed E-state index contributed by atoms with van der Waals surface area (Å²) >= 11 is 0. The van der Waals surface area contributed by atoms with Crippen molar-refractivity contribution in [2.45, 2.75) is 38.0 Å². The summed E-state index contributed by atoms with van der Waals surface area (Å²) in [4.78, 5) is 27.2. The van der Waals surface area contributed by atoms with Crippen LogP contribution in [0.1, 0.15) is 53.9 Å². The zero-order valence-electron chi connectivity index (χ0n) is 17.0. The van der Waals surface area contributed by atoms with E-state index < -0.39 is 5.97 Å². The monoisotopic (exact) mass is 403 g/mol. The highest BCUT2D eigenvalue weighted by Gasteiger charge is 2.24. The molecule has 3 aromatic rings. The molecule has 0 aliphatic heterocycles. The highest BCUT2D eigenvalue weighted by molar-refractivity contribution is 6.03. The molecule has 0 atom stereocenters. The average molecular weight is 403 g/mol. The van der Waals surface area contributed by atoms with Crippen LogP contribution in [0.3, 0.4) is 0 Å². The number of methoxy groups -OCH3 is 1. The topological polar surface area (TPSA) is 76.5 Å². The lowest BCUT2D eigenvalue weighted by molar-refractivity contribution is -0.142. The zero-order valence-corrected chi connectivity index (χ0v) is 17.0. The second-order valence-corrected chi connectivity index (χ2v) is 8.02. The van der Waals surface area contributed by atoms with Gasteiger partial charge in [-0.2, -0.15) is 0 Å². The molecule has 1 fully saturated rings. The molecule has 1 heterocycles. The third-order valence-electron chi connectivity index (χ3n) is 6.22. The first kappa shape index (κ1) is 20.1. The second kappa shape index (κ2) is 8.66. The number of aromatic nitrogens is 1. The standard InChI is InChI=1S/C25H25NO4/c1-30-24(27)14-16-2-4-17(5-3-16)18-6-8-19(9-7-18)20-10-11-21-22(25(28)29)12-13-26-23(21)15-20/h6-13,15-17H,2-5,14H2,1H3,(H,28,29). The number of carboxylic acids is 1. The maximum Gasteiger partial charge on any atom is 0.336 e. The summed E-state index contributed by atoms with van der Waals surface area (Å²) in [6.07, 6.45) is 6.38. The van der Waals surface area contributed by atoms with Crippen molar-refractivity contribution in [3.8, 4) is 11.1 Å². The van der Waals surface area contributed by atoms with Crippen LogP contribution in [0, 0.1) is 5.92 Å². The molecule has 1 saturated carbocycles. The molecule has 0 bridgehead atoms. The highest BCUT2D eigenvalue weighted by Crippen LogP contribution is 2.38. The van der Waals surface area contributed by atoms with Gasteiger partial charge in [-0.1, -0.05) is 36.4 Å². The smallest absolute Gasteiger partial charge is 0.336 e. The molecule has 0 radical (unpaired) electrons. The van der Waals surface area contributed by atoms with Gasteiger partial charge in [0.25, 0.3) is 0 Å². The van der Waals surface area contributed by atoms with Crippen LogP contribution in [0.15, 0.2) is 54.7 Å². The van der Waals surface area contributed by atoms with Crippen molar-refractivity contribution in [2.24, 2.45) is 5.92 Å². The second-order valence-electron chi connectivity index (χ2n) is 8.02. The largest absolute Gasteiger partial charge is 0.478 e. The number of carbonyl (C=O) groups is 2. The van der Waals surface area contributed by atoms with Crippen LogP contribution in [0.5, 0.6) is 0 Å². The molecule has 154 valence electrons. The van der Waals surface area contributed by atoms with Gasteiger partial charge in [0.2, 0.25) is 0 Å². The molecular formula is C25H25NO4. The Morgan fingerprint density at radius 3 is 2.37 bits per heavy atom. The number of carboxylic acid groups (broad SMARTS) is 1. The molecule has 5 heteroatoms. The Balaban J connectivity index is 1.48. The molecule has 2 aromatic carbocycles. The van der Waals surface area contributed by atoms with E-state index in [9.17, 15) is 14.7 Å². The Labute approximate surface area is 175 Å². The van der Waals surface area contributed by atoms with E-state index in [1.165, 1.54) is 24.9 Å². The number of benzene rings is 2. The maximum atomic E-state index is 11.5. The number of rotatable bonds is 5. The number of aromatic carboxylic acids is 1. The van der Waals surface area contributed by atoms with Crippen LogP contribution in [-0.2, 0) is 9.53 Å². The van der Waals surface area contributed by atoms with Crippen LogP contribution >= 0.6 is 0 Å². The molecule has 0 amide bonds. The molecule has 5 nitrogen and oxygen atoms in total. The molecule has 1 aromatic heterocycles. The number of hydrogen-bond donors (Lipinski definition) is 1. The van der Waals surface area contributed by atoms with Gasteiger partial charge in [0.15, 0.2) is 0 Å². The number of esters is 1. The number of nitrogens with zero attached hydrogens (tertiary/aromatic N) is 1. The Morgan fingerprint density at radius 2 is 1.70 bits per heavy atom. The Hall–Kier alpha value is -3.21. The van der Waals surface area contributed by atoms with Crippen LogP contribution in [0.25, 0.3) is 22.0 Å². The molecule has 1 aliphatic carbocycles. The summed E-state index contributed by atoms with van der Waals surface area (Å²) in [5, 5.41) is 9.99. The van der Waals surface area contributed by atoms with E-state index in [0.29, 0.717) is 29.2 Å². The summed E-state index contributed by atoms with van der Waals surface area (Å²) in [6, 6.07) is 15.9. The predicted molar refractivity (Wildman–Crippen MR) is 115 cm³/mol. The van der Waals surface area contributed by atoms with E-state index in [1.807, 2.05) is 18.2 Å². The van der Waals surface area contributed by atoms with Gasteiger partial charge in [-0.25, -0.2) is 4.79 Å². The average Bonchev–Trinajstić information content (AvgIpc) is 2.78. The number of fused-ring (bicyclic) bond motifs is 1. The van der Waals surface area contributed by atoms with Gasteiger partial charge in [-0.15, -0.1) is 0 Å². The molecule has 4 rings (SSSR count). The van der Waals surface area contributed by atoms with Crippen molar-refractivity contribution in [3.05, 3.63) is 65.9 Å². The van der Waals surface area contributed by atoms with Gasteiger partial charge in [-0.05, 0) is 66.3 Å². The minimum Gasteiger partial charge on any atom is -0.478 e. The molecular weight excluding hydrogens is 378 g/mol. The Bertz CT molecular complexity index is 1070. The first-order valence-corrected chi connectivity index (χ1v) is 10.3. The number of ether oxygens (including phenoxy) is 1. The van der Waals surface area contributed by atoms with Crippen LogP contribution < -0.4 is 0 Å². The number of carbonyl (C=O) groups excluding carboxylic acids is 1. The first-order chi connectivity index (χ1) is 14.5. The van der Waals surface area contributed by atoms with E-state index >= 15 is 0 Å². The summed E-state index contributed by atoms with van der Waals surface area (Å²) < 4.78 is 4.79. The normalized spacial score (nSPS) is 18.8. The van der Waals surface area contributed by atoms with Gasteiger partial charge < -0.3 is 9.84 Å². The molecule has 0 saturated heterocycles. The molecule has 1 N–H and O–H groups in total. The Morgan fingerprint density at radius 1 is 1.00 bits per heavy atom. The van der Waals surface area contributed by atoms with Crippen LogP contribution in [-0.4, -0.2) is 29.1 Å². The fourth-order valence-electron chi connectivity index (χ4n) is 4.48. The molecule has 0 unspecified atom stereocenters. The van der Waals surface area contributed by atoms with E-state index in [-0.39, 0.29) is 11.5 Å². The van der Waals surface area contributed by atoms with Crippen molar-refractivity contribution < 1.29 is 19.4 Å². The summed E-state index contributed by atoms with van der Waals surface area (Å²) in [7, 11) is 1.45. The van der Waals surface area contributed by atoms with E-state index in [1.54, 1.807) is 0 Å². The van der Waals surface area contributed by atoms with Crippen LogP contribution in [0.4, 0.5) is 0 Å². The zero-order chi connectivity index (χ0) is 21.1. The lowest BCUT2D eigenvalue weighted by Gasteiger charge is -2.28. The SMILES string of the molecule is COC(=O)CC1CCC(c2ccc(-c3ccc4c(C(=O)O)ccnc4c3)cc2)CC1. The van der Waals surface area contributed by atoms with Gasteiger partial charge >= 0.3 is 11.9 Å². The third kappa shape index (κ3) is 4.20. The van der Waals surface area contributed by atoms with E-state index in [4.69, 9.17) is 4.74 Å². The van der Waals surface area contributed by atoms with Crippen molar-refractivity contribution in [1.82, 2.24) is 4.98 Å². The van der Waals surface area contributed by atoms with E-state index in [2.05, 4.69) is 29.2 Å². The fourth-order valence-corrected chi connectivity index (χ4v) is 4.48. The maximum absolute atomic E-state index is 11.5. The minimum absolute atomic E-state index is 0.108. The van der Waals surface area contributed by atoms with Crippen molar-refractivity contribution in [2.75, 3.05) is 7.11 Å². The number of hydrogen-bond acceptors (Lipinski definition) is 4. The number of pyridine rings is 1. The predicted octanol–water partition coefficient (Wildman–Crippen LogP) is 5.44. The first-order valence-electron chi connectivity index (χ1n) is 10.3. The lowest BCUT2D eigenvalue weighted by atomic mass is 9.77. The van der Waals surface area contributed by atoms with Crippen molar-refractivity contribution >= 4 is 22.8 Å². The van der Waals surface area contributed by atoms with E-state index in [0.717, 1.165) is 36.8 Å². The third-order valence-corrected chi connectivity index (χ3v) is 6.22. The van der Waals surface area contributed by atoms with Crippen LogP contribution in [0.2, 0.25) is 0 Å². The van der Waals surface area contributed by atoms with Crippen molar-refractivity contribution in [1.29, 1.82) is 0 Å². The molecule has 30 heavy (non-hydrogen) atoms. The van der Waals surface area contributed by atoms with Crippen molar-refractivity contribution in [3.63, 3.8) is 0 Å². The van der Waals surface area contributed by atoms with Gasteiger partial charge in [0.1, 0.15) is 0 Å². The van der Waals surface area contributed by atoms with Gasteiger partial charge in [-0.3, -0.25) is 9.78 Å². The quantitative estimate of drug-likeness (QED) is 0.574. The fraction of sp³-hybridized carbons (Fsp3) is 0.320. The summed E-state index contributed by atoms with van der Waals surface area (Å²) in [5.74, 6) is -0.0814. The molecule has 0 spiro atoms. The van der Waals surface area contributed by atoms with Gasteiger partial charge in [0, 0.05) is 18.0 Å². The van der Waals surface area contributed by atoms with Gasteiger partial charge in [0.05, 0.1) is 18.2 Å². The minimum atomic E-state index is -0.944. The Kier molecular flexibility index (Phi) is 5.79. The highest BCUT2D eigenvalue weighted by atomic mass is 16.5.